The maximum absolute atomic E-state index is 13.3. The van der Waals surface area contributed by atoms with Gasteiger partial charge in [-0.05, 0) is 49.0 Å². The van der Waals surface area contributed by atoms with E-state index in [0.717, 1.165) is 26.1 Å². The molecule has 0 aliphatic heterocycles. The highest BCUT2D eigenvalue weighted by Crippen LogP contribution is 2.18. The van der Waals surface area contributed by atoms with E-state index in [1.165, 1.54) is 5.56 Å². The van der Waals surface area contributed by atoms with Crippen molar-refractivity contribution in [2.24, 2.45) is 11.1 Å². The standard InChI is InChI=1S/C16H27FN2/c1-5-8-19(12-16(3,4)11-18)10-14-6-7-15(17)13(2)9-14/h6-7,9H,5,8,10-12,18H2,1-4H3. The molecule has 1 aromatic rings. The molecular weight excluding hydrogens is 239 g/mol. The zero-order chi connectivity index (χ0) is 14.5. The van der Waals surface area contributed by atoms with Gasteiger partial charge in [0.1, 0.15) is 5.82 Å². The molecule has 0 aromatic heterocycles. The van der Waals surface area contributed by atoms with Crippen molar-refractivity contribution < 1.29 is 4.39 Å². The largest absolute Gasteiger partial charge is 0.330 e. The van der Waals surface area contributed by atoms with Crippen LogP contribution < -0.4 is 5.73 Å². The highest BCUT2D eigenvalue weighted by Gasteiger charge is 2.20. The first-order chi connectivity index (χ1) is 8.88. The lowest BCUT2D eigenvalue weighted by Crippen LogP contribution is -2.38. The first-order valence-corrected chi connectivity index (χ1v) is 7.05. The van der Waals surface area contributed by atoms with E-state index in [0.29, 0.717) is 12.1 Å². The monoisotopic (exact) mass is 266 g/mol. The van der Waals surface area contributed by atoms with Crippen molar-refractivity contribution in [2.45, 2.75) is 40.7 Å². The van der Waals surface area contributed by atoms with Gasteiger partial charge in [-0.2, -0.15) is 0 Å². The second-order valence-electron chi connectivity index (χ2n) is 6.16. The first kappa shape index (κ1) is 16.1. The Morgan fingerprint density at radius 3 is 2.53 bits per heavy atom. The third-order valence-electron chi connectivity index (χ3n) is 3.37. The summed E-state index contributed by atoms with van der Waals surface area (Å²) in [5.41, 5.74) is 7.81. The Kier molecular flexibility index (Phi) is 5.95. The van der Waals surface area contributed by atoms with Gasteiger partial charge >= 0.3 is 0 Å². The van der Waals surface area contributed by atoms with Gasteiger partial charge in [0.25, 0.3) is 0 Å². The zero-order valence-electron chi connectivity index (χ0n) is 12.7. The molecule has 0 amide bonds. The van der Waals surface area contributed by atoms with Crippen molar-refractivity contribution in [2.75, 3.05) is 19.6 Å². The van der Waals surface area contributed by atoms with Crippen LogP contribution in [0.1, 0.15) is 38.3 Å². The van der Waals surface area contributed by atoms with Crippen LogP contribution in [0.15, 0.2) is 18.2 Å². The van der Waals surface area contributed by atoms with Crippen molar-refractivity contribution in [3.63, 3.8) is 0 Å². The number of hydrogen-bond donors (Lipinski definition) is 1. The Balaban J connectivity index is 2.74. The van der Waals surface area contributed by atoms with E-state index in [-0.39, 0.29) is 11.2 Å². The van der Waals surface area contributed by atoms with E-state index in [2.05, 4.69) is 25.7 Å². The average molecular weight is 266 g/mol. The van der Waals surface area contributed by atoms with Crippen molar-refractivity contribution in [3.05, 3.63) is 35.1 Å². The van der Waals surface area contributed by atoms with Gasteiger partial charge in [-0.1, -0.05) is 32.9 Å². The summed E-state index contributed by atoms with van der Waals surface area (Å²) in [7, 11) is 0. The lowest BCUT2D eigenvalue weighted by atomic mass is 9.92. The Morgan fingerprint density at radius 2 is 2.00 bits per heavy atom. The zero-order valence-corrected chi connectivity index (χ0v) is 12.7. The van der Waals surface area contributed by atoms with Gasteiger partial charge in [-0.25, -0.2) is 4.39 Å². The summed E-state index contributed by atoms with van der Waals surface area (Å²) < 4.78 is 13.3. The number of aryl methyl sites for hydroxylation is 1. The van der Waals surface area contributed by atoms with E-state index < -0.39 is 0 Å². The summed E-state index contributed by atoms with van der Waals surface area (Å²) in [4.78, 5) is 2.40. The maximum atomic E-state index is 13.3. The summed E-state index contributed by atoms with van der Waals surface area (Å²) in [6.07, 6.45) is 1.11. The number of hydrogen-bond acceptors (Lipinski definition) is 2. The number of benzene rings is 1. The van der Waals surface area contributed by atoms with Crippen molar-refractivity contribution >= 4 is 0 Å². The molecule has 0 aliphatic rings. The Labute approximate surface area is 116 Å². The van der Waals surface area contributed by atoms with Crippen LogP contribution in [0.2, 0.25) is 0 Å². The lowest BCUT2D eigenvalue weighted by molar-refractivity contribution is 0.176. The molecule has 19 heavy (non-hydrogen) atoms. The van der Waals surface area contributed by atoms with Gasteiger partial charge in [0.2, 0.25) is 0 Å². The predicted molar refractivity (Wildman–Crippen MR) is 79.5 cm³/mol. The molecule has 2 nitrogen and oxygen atoms in total. The summed E-state index contributed by atoms with van der Waals surface area (Å²) in [6.45, 7) is 11.9. The molecule has 1 aromatic carbocycles. The average Bonchev–Trinajstić information content (AvgIpc) is 2.34. The predicted octanol–water partition coefficient (Wildman–Crippen LogP) is 3.33. The molecule has 0 radical (unpaired) electrons. The van der Waals surface area contributed by atoms with Gasteiger partial charge in [0.15, 0.2) is 0 Å². The van der Waals surface area contributed by atoms with Gasteiger partial charge in [-0.15, -0.1) is 0 Å². The molecule has 0 saturated heterocycles. The van der Waals surface area contributed by atoms with Crippen LogP contribution in [0.4, 0.5) is 4.39 Å². The van der Waals surface area contributed by atoms with E-state index in [9.17, 15) is 4.39 Å². The minimum Gasteiger partial charge on any atom is -0.330 e. The van der Waals surface area contributed by atoms with Crippen molar-refractivity contribution in [1.82, 2.24) is 4.90 Å². The Bertz CT molecular complexity index is 402. The molecule has 0 fully saturated rings. The summed E-state index contributed by atoms with van der Waals surface area (Å²) in [5, 5.41) is 0. The van der Waals surface area contributed by atoms with E-state index in [1.807, 2.05) is 19.1 Å². The summed E-state index contributed by atoms with van der Waals surface area (Å²) in [6, 6.07) is 5.37. The van der Waals surface area contributed by atoms with Crippen LogP contribution in [-0.4, -0.2) is 24.5 Å². The minimum atomic E-state index is -0.131. The molecule has 1 rings (SSSR count). The fourth-order valence-electron chi connectivity index (χ4n) is 2.26. The Hall–Kier alpha value is -0.930. The number of halogens is 1. The molecule has 3 heteroatoms. The molecule has 0 unspecified atom stereocenters. The quantitative estimate of drug-likeness (QED) is 0.820. The molecule has 0 bridgehead atoms. The molecule has 2 N–H and O–H groups in total. The topological polar surface area (TPSA) is 29.3 Å². The van der Waals surface area contributed by atoms with E-state index in [4.69, 9.17) is 5.73 Å². The van der Waals surface area contributed by atoms with Crippen LogP contribution in [0.5, 0.6) is 0 Å². The Morgan fingerprint density at radius 1 is 1.32 bits per heavy atom. The molecular formula is C16H27FN2. The molecule has 0 heterocycles. The number of rotatable bonds is 7. The third-order valence-corrected chi connectivity index (χ3v) is 3.37. The highest BCUT2D eigenvalue weighted by atomic mass is 19.1. The fourth-order valence-corrected chi connectivity index (χ4v) is 2.26. The summed E-state index contributed by atoms with van der Waals surface area (Å²) >= 11 is 0. The SMILES string of the molecule is CCCN(Cc1ccc(F)c(C)c1)CC(C)(C)CN. The van der Waals surface area contributed by atoms with Crippen LogP contribution in [0.3, 0.4) is 0 Å². The van der Waals surface area contributed by atoms with Gasteiger partial charge in [0.05, 0.1) is 0 Å². The molecule has 0 aliphatic carbocycles. The van der Waals surface area contributed by atoms with Crippen LogP contribution >= 0.6 is 0 Å². The van der Waals surface area contributed by atoms with Crippen LogP contribution in [0.25, 0.3) is 0 Å². The fraction of sp³-hybridized carbons (Fsp3) is 0.625. The summed E-state index contributed by atoms with van der Waals surface area (Å²) in [5.74, 6) is -0.131. The third kappa shape index (κ3) is 5.29. The van der Waals surface area contributed by atoms with E-state index in [1.54, 1.807) is 6.07 Å². The molecule has 108 valence electrons. The second-order valence-corrected chi connectivity index (χ2v) is 6.16. The van der Waals surface area contributed by atoms with Crippen LogP contribution in [-0.2, 0) is 6.54 Å². The minimum absolute atomic E-state index is 0.115. The van der Waals surface area contributed by atoms with E-state index >= 15 is 0 Å². The smallest absolute Gasteiger partial charge is 0.126 e. The molecule has 0 spiro atoms. The van der Waals surface area contributed by atoms with Crippen LogP contribution in [0, 0.1) is 18.2 Å². The first-order valence-electron chi connectivity index (χ1n) is 7.05. The number of nitrogens with zero attached hydrogens (tertiary/aromatic N) is 1. The highest BCUT2D eigenvalue weighted by molar-refractivity contribution is 5.23. The number of nitrogens with two attached hydrogens (primary N) is 1. The molecule has 0 atom stereocenters. The second kappa shape index (κ2) is 7.01. The van der Waals surface area contributed by atoms with Gasteiger partial charge < -0.3 is 5.73 Å². The van der Waals surface area contributed by atoms with Gasteiger partial charge in [-0.3, -0.25) is 4.90 Å². The lowest BCUT2D eigenvalue weighted by Gasteiger charge is -2.31. The van der Waals surface area contributed by atoms with Crippen molar-refractivity contribution in [1.29, 1.82) is 0 Å². The normalized spacial score (nSPS) is 12.2. The molecule has 0 saturated carbocycles. The van der Waals surface area contributed by atoms with Crippen molar-refractivity contribution in [3.8, 4) is 0 Å². The maximum Gasteiger partial charge on any atom is 0.126 e. The van der Waals surface area contributed by atoms with Gasteiger partial charge in [0, 0.05) is 13.1 Å².